The van der Waals surface area contributed by atoms with E-state index in [4.69, 9.17) is 0 Å². The zero-order chi connectivity index (χ0) is 15.5. The number of nitrogens with one attached hydrogen (secondary N) is 1. The van der Waals surface area contributed by atoms with Gasteiger partial charge in [0.25, 0.3) is 5.91 Å². The second-order valence-electron chi connectivity index (χ2n) is 6.02. The summed E-state index contributed by atoms with van der Waals surface area (Å²) < 4.78 is 0.796. The molecule has 1 amide bonds. The van der Waals surface area contributed by atoms with Crippen LogP contribution in [0.4, 0.5) is 0 Å². The Kier molecular flexibility index (Phi) is 4.78. The monoisotopic (exact) mass is 346 g/mol. The zero-order valence-corrected chi connectivity index (χ0v) is 14.1. The van der Waals surface area contributed by atoms with Crippen molar-refractivity contribution < 1.29 is 4.79 Å². The molecule has 3 nitrogen and oxygen atoms in total. The highest BCUT2D eigenvalue weighted by Crippen LogP contribution is 2.22. The van der Waals surface area contributed by atoms with Gasteiger partial charge in [0.1, 0.15) is 0 Å². The Morgan fingerprint density at radius 1 is 1.19 bits per heavy atom. The van der Waals surface area contributed by atoms with Crippen molar-refractivity contribution in [3.63, 3.8) is 0 Å². The maximum absolute atomic E-state index is 12.0. The normalized spacial score (nSPS) is 11.2. The minimum Gasteiger partial charge on any atom is -0.348 e. The molecule has 0 saturated carbocycles. The van der Waals surface area contributed by atoms with Gasteiger partial charge in [0, 0.05) is 23.4 Å². The molecule has 2 rings (SSSR count). The van der Waals surface area contributed by atoms with E-state index in [1.807, 2.05) is 0 Å². The van der Waals surface area contributed by atoms with Gasteiger partial charge in [-0.15, -0.1) is 0 Å². The number of nitrogens with zero attached hydrogens (tertiary/aromatic N) is 1. The SMILES string of the molecule is CC(C)(C)c1ccc(CNC(=O)c2cncc(Br)c2)cc1. The van der Waals surface area contributed by atoms with Crippen molar-refractivity contribution in [2.75, 3.05) is 0 Å². The molecule has 0 radical (unpaired) electrons. The van der Waals surface area contributed by atoms with Crippen LogP contribution in [0.1, 0.15) is 42.3 Å². The fourth-order valence-electron chi connectivity index (χ4n) is 1.94. The van der Waals surface area contributed by atoms with Gasteiger partial charge in [-0.3, -0.25) is 9.78 Å². The van der Waals surface area contributed by atoms with Crippen LogP contribution in [0.5, 0.6) is 0 Å². The first-order valence-electron chi connectivity index (χ1n) is 6.84. The van der Waals surface area contributed by atoms with Gasteiger partial charge in [-0.2, -0.15) is 0 Å². The molecule has 0 aliphatic heterocycles. The zero-order valence-electron chi connectivity index (χ0n) is 12.5. The first kappa shape index (κ1) is 15.7. The molecule has 0 saturated heterocycles. The van der Waals surface area contributed by atoms with Crippen LogP contribution in [-0.4, -0.2) is 10.9 Å². The van der Waals surface area contributed by atoms with Gasteiger partial charge < -0.3 is 5.32 Å². The number of carbonyl (C=O) groups is 1. The van der Waals surface area contributed by atoms with Gasteiger partial charge in [0.2, 0.25) is 0 Å². The van der Waals surface area contributed by atoms with Crippen LogP contribution in [0.15, 0.2) is 47.2 Å². The number of rotatable bonds is 3. The molecule has 21 heavy (non-hydrogen) atoms. The first-order valence-corrected chi connectivity index (χ1v) is 7.64. The van der Waals surface area contributed by atoms with Crippen molar-refractivity contribution in [2.24, 2.45) is 0 Å². The van der Waals surface area contributed by atoms with Crippen LogP contribution in [0.2, 0.25) is 0 Å². The van der Waals surface area contributed by atoms with Crippen LogP contribution >= 0.6 is 15.9 Å². The van der Waals surface area contributed by atoms with Gasteiger partial charge in [0.15, 0.2) is 0 Å². The lowest BCUT2D eigenvalue weighted by Crippen LogP contribution is -2.23. The number of hydrogen-bond acceptors (Lipinski definition) is 2. The highest BCUT2D eigenvalue weighted by Gasteiger charge is 2.13. The van der Waals surface area contributed by atoms with E-state index in [1.54, 1.807) is 18.5 Å². The molecule has 0 spiro atoms. The third-order valence-electron chi connectivity index (χ3n) is 3.24. The van der Waals surface area contributed by atoms with E-state index in [0.717, 1.165) is 10.0 Å². The van der Waals surface area contributed by atoms with Gasteiger partial charge in [-0.1, -0.05) is 45.0 Å². The Morgan fingerprint density at radius 2 is 1.86 bits per heavy atom. The fraction of sp³-hybridized carbons (Fsp3) is 0.294. The molecule has 0 atom stereocenters. The minimum absolute atomic E-state index is 0.122. The van der Waals surface area contributed by atoms with Crippen molar-refractivity contribution in [3.8, 4) is 0 Å². The summed E-state index contributed by atoms with van der Waals surface area (Å²) in [6.45, 7) is 7.06. The van der Waals surface area contributed by atoms with E-state index in [2.05, 4.69) is 71.3 Å². The van der Waals surface area contributed by atoms with Gasteiger partial charge in [0.05, 0.1) is 5.56 Å². The largest absolute Gasteiger partial charge is 0.348 e. The smallest absolute Gasteiger partial charge is 0.253 e. The fourth-order valence-corrected chi connectivity index (χ4v) is 2.31. The Hall–Kier alpha value is -1.68. The summed E-state index contributed by atoms with van der Waals surface area (Å²) in [5.41, 5.74) is 3.06. The molecule has 0 fully saturated rings. The molecule has 1 heterocycles. The quantitative estimate of drug-likeness (QED) is 0.909. The van der Waals surface area contributed by atoms with E-state index >= 15 is 0 Å². The molecule has 2 aromatic rings. The van der Waals surface area contributed by atoms with Gasteiger partial charge >= 0.3 is 0 Å². The van der Waals surface area contributed by atoms with E-state index in [-0.39, 0.29) is 11.3 Å². The van der Waals surface area contributed by atoms with Crippen LogP contribution in [0, 0.1) is 0 Å². The summed E-state index contributed by atoms with van der Waals surface area (Å²) in [6.07, 6.45) is 3.21. The average molecular weight is 347 g/mol. The van der Waals surface area contributed by atoms with Crippen molar-refractivity contribution in [2.45, 2.75) is 32.7 Å². The number of aromatic nitrogens is 1. The topological polar surface area (TPSA) is 42.0 Å². The third kappa shape index (κ3) is 4.39. The second kappa shape index (κ2) is 6.39. The van der Waals surface area contributed by atoms with Crippen molar-refractivity contribution in [1.82, 2.24) is 10.3 Å². The maximum Gasteiger partial charge on any atom is 0.253 e. The van der Waals surface area contributed by atoms with Crippen LogP contribution in [0.3, 0.4) is 0 Å². The molecule has 0 aliphatic rings. The van der Waals surface area contributed by atoms with Crippen LogP contribution in [-0.2, 0) is 12.0 Å². The first-order chi connectivity index (χ1) is 9.86. The lowest BCUT2D eigenvalue weighted by Gasteiger charge is -2.19. The Balaban J connectivity index is 1.98. The average Bonchev–Trinajstić information content (AvgIpc) is 2.44. The number of carbonyl (C=O) groups excluding carboxylic acids is 1. The lowest BCUT2D eigenvalue weighted by molar-refractivity contribution is 0.0950. The molecule has 0 unspecified atom stereocenters. The summed E-state index contributed by atoms with van der Waals surface area (Å²) in [5, 5.41) is 2.90. The number of halogens is 1. The molecule has 110 valence electrons. The van der Waals surface area contributed by atoms with Gasteiger partial charge in [-0.05, 0) is 38.5 Å². The summed E-state index contributed by atoms with van der Waals surface area (Å²) in [5.74, 6) is -0.122. The summed E-state index contributed by atoms with van der Waals surface area (Å²) in [7, 11) is 0. The molecule has 1 aromatic carbocycles. The Morgan fingerprint density at radius 3 is 2.43 bits per heavy atom. The van der Waals surface area contributed by atoms with Gasteiger partial charge in [-0.25, -0.2) is 0 Å². The maximum atomic E-state index is 12.0. The van der Waals surface area contributed by atoms with Crippen molar-refractivity contribution in [3.05, 3.63) is 63.9 Å². The summed E-state index contributed by atoms with van der Waals surface area (Å²) in [6, 6.07) is 10.1. The van der Waals surface area contributed by atoms with Crippen molar-refractivity contribution in [1.29, 1.82) is 0 Å². The molecule has 1 N–H and O–H groups in total. The molecular weight excluding hydrogens is 328 g/mol. The van der Waals surface area contributed by atoms with E-state index in [1.165, 1.54) is 5.56 Å². The standard InChI is InChI=1S/C17H19BrN2O/c1-17(2,3)14-6-4-12(5-7-14)9-20-16(21)13-8-15(18)11-19-10-13/h4-8,10-11H,9H2,1-3H3,(H,20,21). The molecule has 0 bridgehead atoms. The summed E-state index contributed by atoms with van der Waals surface area (Å²) >= 11 is 3.31. The predicted molar refractivity (Wildman–Crippen MR) is 88.2 cm³/mol. The van der Waals surface area contributed by atoms with Crippen molar-refractivity contribution >= 4 is 21.8 Å². The number of hydrogen-bond donors (Lipinski definition) is 1. The number of amides is 1. The highest BCUT2D eigenvalue weighted by molar-refractivity contribution is 9.10. The number of pyridine rings is 1. The summed E-state index contributed by atoms with van der Waals surface area (Å²) in [4.78, 5) is 16.0. The predicted octanol–water partition coefficient (Wildman–Crippen LogP) is 4.07. The van der Waals surface area contributed by atoms with Crippen LogP contribution in [0.25, 0.3) is 0 Å². The van der Waals surface area contributed by atoms with E-state index < -0.39 is 0 Å². The lowest BCUT2D eigenvalue weighted by atomic mass is 9.87. The Bertz CT molecular complexity index is 630. The Labute approximate surface area is 133 Å². The third-order valence-corrected chi connectivity index (χ3v) is 3.67. The highest BCUT2D eigenvalue weighted by atomic mass is 79.9. The van der Waals surface area contributed by atoms with Crippen LogP contribution < -0.4 is 5.32 Å². The number of benzene rings is 1. The molecular formula is C17H19BrN2O. The minimum atomic E-state index is -0.122. The molecule has 0 aliphatic carbocycles. The molecule has 1 aromatic heterocycles. The molecule has 4 heteroatoms. The second-order valence-corrected chi connectivity index (χ2v) is 6.94. The van der Waals surface area contributed by atoms with E-state index in [0.29, 0.717) is 12.1 Å². The van der Waals surface area contributed by atoms with E-state index in [9.17, 15) is 4.79 Å².